The Labute approximate surface area is 215 Å². The van der Waals surface area contributed by atoms with Gasteiger partial charge in [-0.05, 0) is 57.9 Å². The Hall–Kier alpha value is -3.46. The molecular formula is C22H41N9O6. The van der Waals surface area contributed by atoms with E-state index < -0.39 is 53.8 Å². The largest absolute Gasteiger partial charge is 0.480 e. The van der Waals surface area contributed by atoms with Crippen molar-refractivity contribution in [1.82, 2.24) is 15.5 Å². The van der Waals surface area contributed by atoms with Gasteiger partial charge < -0.3 is 49.3 Å². The zero-order valence-corrected chi connectivity index (χ0v) is 21.1. The summed E-state index contributed by atoms with van der Waals surface area (Å²) >= 11 is 0. The average molecular weight is 528 g/mol. The topological polar surface area (TPSA) is 275 Å². The molecule has 0 bridgehead atoms. The average Bonchev–Trinajstić information content (AvgIpc) is 3.32. The number of carbonyl (C=O) groups excluding carboxylic acids is 4. The molecule has 1 saturated heterocycles. The standard InChI is InChI=1S/C22H41N9O6/c23-10-2-1-6-15(21(36)37)30-18(33)14(8-9-17(25)32)29-19(34)16-7-4-12-31(16)20(35)13(24)5-3-11-28-22(26)27/h13-16H,1-12,23-24H2,(H2,25,32)(H,29,34)(H,30,33)(H,36,37)(H4,26,27,28). The number of primary amides is 1. The Morgan fingerprint density at radius 3 is 2.27 bits per heavy atom. The predicted molar refractivity (Wildman–Crippen MR) is 135 cm³/mol. The van der Waals surface area contributed by atoms with Gasteiger partial charge in [0.1, 0.15) is 18.1 Å². The molecule has 0 aliphatic carbocycles. The number of guanidine groups is 1. The molecule has 0 aromatic carbocycles. The van der Waals surface area contributed by atoms with E-state index in [4.69, 9.17) is 28.7 Å². The fourth-order valence-corrected chi connectivity index (χ4v) is 4.00. The number of carbonyl (C=O) groups is 5. The van der Waals surface area contributed by atoms with Crippen LogP contribution in [-0.4, -0.2) is 89.4 Å². The van der Waals surface area contributed by atoms with E-state index in [1.165, 1.54) is 4.90 Å². The lowest BCUT2D eigenvalue weighted by molar-refractivity contribution is -0.143. The van der Waals surface area contributed by atoms with Gasteiger partial charge in [-0.15, -0.1) is 0 Å². The van der Waals surface area contributed by atoms with Gasteiger partial charge >= 0.3 is 5.97 Å². The highest BCUT2D eigenvalue weighted by molar-refractivity contribution is 5.94. The number of aliphatic imine (C=N–C) groups is 1. The molecule has 0 saturated carbocycles. The highest BCUT2D eigenvalue weighted by atomic mass is 16.4. The van der Waals surface area contributed by atoms with E-state index in [1.807, 2.05) is 0 Å². The van der Waals surface area contributed by atoms with Gasteiger partial charge in [0.15, 0.2) is 5.96 Å². The van der Waals surface area contributed by atoms with E-state index in [-0.39, 0.29) is 25.2 Å². The maximum atomic E-state index is 13.1. The number of unbranched alkanes of at least 4 members (excludes halogenated alkanes) is 1. The van der Waals surface area contributed by atoms with Crippen LogP contribution in [0.25, 0.3) is 0 Å². The summed E-state index contributed by atoms with van der Waals surface area (Å²) in [6, 6.07) is -4.13. The zero-order valence-electron chi connectivity index (χ0n) is 21.1. The number of likely N-dealkylation sites (tertiary alicyclic amines) is 1. The lowest BCUT2D eigenvalue weighted by Gasteiger charge is -2.28. The summed E-state index contributed by atoms with van der Waals surface area (Å²) in [7, 11) is 0. The van der Waals surface area contributed by atoms with Gasteiger partial charge in [0.05, 0.1) is 6.04 Å². The quantitative estimate of drug-likeness (QED) is 0.0532. The van der Waals surface area contributed by atoms with Crippen LogP contribution in [0, 0.1) is 0 Å². The minimum Gasteiger partial charge on any atom is -0.480 e. The molecular weight excluding hydrogens is 486 g/mol. The molecule has 13 N–H and O–H groups in total. The first-order chi connectivity index (χ1) is 17.5. The molecule has 15 nitrogen and oxygen atoms in total. The van der Waals surface area contributed by atoms with Crippen molar-refractivity contribution in [2.24, 2.45) is 33.7 Å². The van der Waals surface area contributed by atoms with Crippen molar-refractivity contribution in [2.45, 2.75) is 82.0 Å². The molecule has 37 heavy (non-hydrogen) atoms. The molecule has 0 spiro atoms. The van der Waals surface area contributed by atoms with Gasteiger partial charge in [-0.2, -0.15) is 0 Å². The fraction of sp³-hybridized carbons (Fsp3) is 0.727. The van der Waals surface area contributed by atoms with Crippen LogP contribution in [0.4, 0.5) is 0 Å². The summed E-state index contributed by atoms with van der Waals surface area (Å²) in [4.78, 5) is 67.0. The monoisotopic (exact) mass is 527 g/mol. The van der Waals surface area contributed by atoms with Crippen LogP contribution in [0.1, 0.15) is 57.8 Å². The van der Waals surface area contributed by atoms with Crippen LogP contribution in [-0.2, 0) is 24.0 Å². The zero-order chi connectivity index (χ0) is 28.0. The van der Waals surface area contributed by atoms with Gasteiger partial charge in [-0.3, -0.25) is 24.2 Å². The van der Waals surface area contributed by atoms with E-state index in [9.17, 15) is 29.1 Å². The van der Waals surface area contributed by atoms with E-state index in [0.717, 1.165) is 0 Å². The third kappa shape index (κ3) is 11.4. The highest BCUT2D eigenvalue weighted by Gasteiger charge is 2.37. The highest BCUT2D eigenvalue weighted by Crippen LogP contribution is 2.20. The minimum atomic E-state index is -1.23. The Balaban J connectivity index is 2.86. The third-order valence-corrected chi connectivity index (χ3v) is 6.00. The van der Waals surface area contributed by atoms with Crippen molar-refractivity contribution in [3.05, 3.63) is 0 Å². The number of nitrogens with two attached hydrogens (primary N) is 5. The van der Waals surface area contributed by atoms with Crippen LogP contribution in [0.3, 0.4) is 0 Å². The molecule has 4 atom stereocenters. The van der Waals surface area contributed by atoms with Crippen LogP contribution in [0.2, 0.25) is 0 Å². The maximum Gasteiger partial charge on any atom is 0.326 e. The number of nitrogens with one attached hydrogen (secondary N) is 2. The third-order valence-electron chi connectivity index (χ3n) is 6.00. The molecule has 15 heteroatoms. The first-order valence-electron chi connectivity index (χ1n) is 12.4. The number of carboxylic acids is 1. The lowest BCUT2D eigenvalue weighted by Crippen LogP contribution is -2.56. The summed E-state index contributed by atoms with van der Waals surface area (Å²) < 4.78 is 0. The summed E-state index contributed by atoms with van der Waals surface area (Å²) in [6.45, 7) is 1.01. The molecule has 1 rings (SSSR count). The first kappa shape index (κ1) is 31.6. The van der Waals surface area contributed by atoms with Crippen LogP contribution in [0.15, 0.2) is 4.99 Å². The molecule has 1 aliphatic heterocycles. The van der Waals surface area contributed by atoms with E-state index in [2.05, 4.69) is 15.6 Å². The minimum absolute atomic E-state index is 0.0589. The summed E-state index contributed by atoms with van der Waals surface area (Å²) in [5.74, 6) is -3.75. The SMILES string of the molecule is NCCCCC(NC(=O)C(CCC(N)=O)NC(=O)C1CCCN1C(=O)C(N)CCCN=C(N)N)C(=O)O. The number of carboxylic acid groups (broad SMARTS) is 1. The maximum absolute atomic E-state index is 13.1. The molecule has 4 unspecified atom stereocenters. The number of nitrogens with zero attached hydrogens (tertiary/aromatic N) is 2. The lowest BCUT2D eigenvalue weighted by atomic mass is 10.1. The number of aliphatic carboxylic acids is 1. The second-order valence-electron chi connectivity index (χ2n) is 8.99. The van der Waals surface area contributed by atoms with E-state index in [1.54, 1.807) is 0 Å². The van der Waals surface area contributed by atoms with Crippen molar-refractivity contribution in [3.63, 3.8) is 0 Å². The molecule has 1 fully saturated rings. The first-order valence-corrected chi connectivity index (χ1v) is 12.4. The van der Waals surface area contributed by atoms with Crippen molar-refractivity contribution in [3.8, 4) is 0 Å². The van der Waals surface area contributed by atoms with Gasteiger partial charge in [0.2, 0.25) is 23.6 Å². The Morgan fingerprint density at radius 1 is 0.973 bits per heavy atom. The van der Waals surface area contributed by atoms with Crippen LogP contribution < -0.4 is 39.3 Å². The Morgan fingerprint density at radius 2 is 1.68 bits per heavy atom. The molecule has 0 aromatic heterocycles. The number of amides is 4. The number of hydrogen-bond acceptors (Lipinski definition) is 8. The predicted octanol–water partition coefficient (Wildman–Crippen LogP) is -3.19. The molecule has 0 radical (unpaired) electrons. The Bertz CT molecular complexity index is 833. The fourth-order valence-electron chi connectivity index (χ4n) is 4.00. The van der Waals surface area contributed by atoms with Crippen molar-refractivity contribution < 1.29 is 29.1 Å². The van der Waals surface area contributed by atoms with Crippen molar-refractivity contribution >= 4 is 35.6 Å². The number of rotatable bonds is 17. The summed E-state index contributed by atoms with van der Waals surface area (Å²) in [5.41, 5.74) is 27.2. The molecule has 4 amide bonds. The summed E-state index contributed by atoms with van der Waals surface area (Å²) in [5, 5.41) is 14.4. The van der Waals surface area contributed by atoms with Gasteiger partial charge in [0.25, 0.3) is 0 Å². The Kier molecular flexibility index (Phi) is 13.9. The molecule has 1 heterocycles. The smallest absolute Gasteiger partial charge is 0.326 e. The van der Waals surface area contributed by atoms with E-state index in [0.29, 0.717) is 58.2 Å². The van der Waals surface area contributed by atoms with E-state index >= 15 is 0 Å². The second-order valence-corrected chi connectivity index (χ2v) is 8.99. The van der Waals surface area contributed by atoms with Gasteiger partial charge in [-0.25, -0.2) is 4.79 Å². The van der Waals surface area contributed by atoms with Crippen LogP contribution >= 0.6 is 0 Å². The summed E-state index contributed by atoms with van der Waals surface area (Å²) in [6.07, 6.45) is 2.59. The molecule has 210 valence electrons. The van der Waals surface area contributed by atoms with Crippen LogP contribution in [0.5, 0.6) is 0 Å². The number of hydrogen-bond donors (Lipinski definition) is 8. The van der Waals surface area contributed by atoms with Gasteiger partial charge in [-0.1, -0.05) is 0 Å². The van der Waals surface area contributed by atoms with Gasteiger partial charge in [0, 0.05) is 19.5 Å². The molecule has 1 aliphatic rings. The normalized spacial score (nSPS) is 17.4. The second kappa shape index (κ2) is 16.3. The van der Waals surface area contributed by atoms with Crippen molar-refractivity contribution in [2.75, 3.05) is 19.6 Å². The molecule has 0 aromatic rings. The van der Waals surface area contributed by atoms with Crippen molar-refractivity contribution in [1.29, 1.82) is 0 Å².